The summed E-state index contributed by atoms with van der Waals surface area (Å²) >= 11 is 0. The first-order valence-corrected chi connectivity index (χ1v) is 5.99. The first-order chi connectivity index (χ1) is 9.06. The third kappa shape index (κ3) is 3.28. The zero-order valence-corrected chi connectivity index (χ0v) is 10.8. The molecule has 0 aliphatic carbocycles. The molecule has 0 radical (unpaired) electrons. The second kappa shape index (κ2) is 5.48. The second-order valence-electron chi connectivity index (χ2n) is 4.47. The Morgan fingerprint density at radius 2 is 1.95 bits per heavy atom. The molecule has 2 rings (SSSR count). The van der Waals surface area contributed by atoms with E-state index in [4.69, 9.17) is 0 Å². The minimum Gasteiger partial charge on any atom is -0.377 e. The van der Waals surface area contributed by atoms with E-state index in [2.05, 4.69) is 10.3 Å². The average molecular weight is 257 g/mol. The molecule has 0 saturated heterocycles. The van der Waals surface area contributed by atoms with Gasteiger partial charge < -0.3 is 5.32 Å². The van der Waals surface area contributed by atoms with Gasteiger partial charge in [-0.3, -0.25) is 15.1 Å². The Morgan fingerprint density at radius 3 is 2.53 bits per heavy atom. The summed E-state index contributed by atoms with van der Waals surface area (Å²) in [5.74, 6) is 0. The zero-order chi connectivity index (χ0) is 13.8. The number of anilines is 1. The number of aryl methyl sites for hydroxylation is 1. The van der Waals surface area contributed by atoms with Crippen LogP contribution in [0.15, 0.2) is 42.7 Å². The molecule has 1 aromatic carbocycles. The van der Waals surface area contributed by atoms with E-state index in [0.29, 0.717) is 0 Å². The van der Waals surface area contributed by atoms with Crippen LogP contribution in [0.4, 0.5) is 11.4 Å². The van der Waals surface area contributed by atoms with Crippen molar-refractivity contribution in [2.24, 2.45) is 0 Å². The predicted octanol–water partition coefficient (Wildman–Crippen LogP) is 3.47. The number of rotatable bonds is 4. The highest BCUT2D eigenvalue weighted by molar-refractivity contribution is 5.45. The van der Waals surface area contributed by atoms with E-state index in [9.17, 15) is 10.1 Å². The third-order valence-corrected chi connectivity index (χ3v) is 2.86. The highest BCUT2D eigenvalue weighted by Crippen LogP contribution is 2.21. The Morgan fingerprint density at radius 1 is 1.26 bits per heavy atom. The molecule has 98 valence electrons. The Bertz CT molecular complexity index is 581. The van der Waals surface area contributed by atoms with Crippen molar-refractivity contribution < 1.29 is 4.92 Å². The molecule has 0 fully saturated rings. The van der Waals surface area contributed by atoms with E-state index in [-0.39, 0.29) is 11.7 Å². The molecule has 19 heavy (non-hydrogen) atoms. The van der Waals surface area contributed by atoms with Gasteiger partial charge in [-0.25, -0.2) is 0 Å². The molecular weight excluding hydrogens is 242 g/mol. The van der Waals surface area contributed by atoms with Gasteiger partial charge in [0.05, 0.1) is 10.6 Å². The van der Waals surface area contributed by atoms with Crippen molar-refractivity contribution in [1.29, 1.82) is 0 Å². The van der Waals surface area contributed by atoms with E-state index >= 15 is 0 Å². The predicted molar refractivity (Wildman–Crippen MR) is 74.1 cm³/mol. The van der Waals surface area contributed by atoms with Gasteiger partial charge in [-0.05, 0) is 31.0 Å². The number of non-ortho nitro benzene ring substituents is 1. The van der Waals surface area contributed by atoms with Crippen molar-refractivity contribution in [1.82, 2.24) is 4.98 Å². The maximum Gasteiger partial charge on any atom is 0.269 e. The number of nitro benzene ring substituents is 1. The summed E-state index contributed by atoms with van der Waals surface area (Å²) in [6.07, 6.45) is 3.55. The quantitative estimate of drug-likeness (QED) is 0.672. The summed E-state index contributed by atoms with van der Waals surface area (Å²) in [7, 11) is 0. The monoisotopic (exact) mass is 257 g/mol. The fraction of sp³-hybridized carbons (Fsp3) is 0.214. The number of hydrogen-bond acceptors (Lipinski definition) is 4. The Labute approximate surface area is 111 Å². The molecule has 1 aromatic heterocycles. The van der Waals surface area contributed by atoms with Gasteiger partial charge in [0.15, 0.2) is 0 Å². The average Bonchev–Trinajstić information content (AvgIpc) is 2.39. The number of pyridine rings is 1. The van der Waals surface area contributed by atoms with Crippen molar-refractivity contribution >= 4 is 11.4 Å². The lowest BCUT2D eigenvalue weighted by atomic mass is 10.1. The van der Waals surface area contributed by atoms with E-state index in [1.807, 2.05) is 19.9 Å². The molecule has 0 amide bonds. The van der Waals surface area contributed by atoms with Crippen LogP contribution in [0.25, 0.3) is 0 Å². The molecule has 0 saturated carbocycles. The van der Waals surface area contributed by atoms with Crippen molar-refractivity contribution in [3.63, 3.8) is 0 Å². The summed E-state index contributed by atoms with van der Waals surface area (Å²) in [6, 6.07) is 8.63. The summed E-state index contributed by atoms with van der Waals surface area (Å²) < 4.78 is 0. The standard InChI is InChI=1S/C14H15N3O2/c1-10-7-13(9-15-8-10)16-11(2)12-3-5-14(6-4-12)17(18)19/h3-9,11,16H,1-2H3. The van der Waals surface area contributed by atoms with Crippen LogP contribution in [-0.4, -0.2) is 9.91 Å². The molecule has 1 N–H and O–H groups in total. The second-order valence-corrected chi connectivity index (χ2v) is 4.47. The fourth-order valence-corrected chi connectivity index (χ4v) is 1.85. The first kappa shape index (κ1) is 13.0. The number of aromatic nitrogens is 1. The van der Waals surface area contributed by atoms with Crippen LogP contribution in [0.3, 0.4) is 0 Å². The minimum atomic E-state index is -0.396. The normalized spacial score (nSPS) is 11.9. The largest absolute Gasteiger partial charge is 0.377 e. The van der Waals surface area contributed by atoms with Crippen LogP contribution < -0.4 is 5.32 Å². The summed E-state index contributed by atoms with van der Waals surface area (Å²) in [5.41, 5.74) is 3.12. The van der Waals surface area contributed by atoms with Crippen molar-refractivity contribution in [3.05, 3.63) is 64.0 Å². The highest BCUT2D eigenvalue weighted by atomic mass is 16.6. The van der Waals surface area contributed by atoms with Crippen LogP contribution in [0.1, 0.15) is 24.1 Å². The first-order valence-electron chi connectivity index (χ1n) is 5.99. The van der Waals surface area contributed by atoms with Crippen molar-refractivity contribution in [2.75, 3.05) is 5.32 Å². The number of benzene rings is 1. The topological polar surface area (TPSA) is 68.1 Å². The number of nitrogens with one attached hydrogen (secondary N) is 1. The van der Waals surface area contributed by atoms with Crippen molar-refractivity contribution in [2.45, 2.75) is 19.9 Å². The zero-order valence-electron chi connectivity index (χ0n) is 10.8. The fourth-order valence-electron chi connectivity index (χ4n) is 1.85. The van der Waals surface area contributed by atoms with E-state index in [1.165, 1.54) is 12.1 Å². The molecule has 5 heteroatoms. The van der Waals surface area contributed by atoms with Crippen LogP contribution in [0.2, 0.25) is 0 Å². The van der Waals surface area contributed by atoms with Gasteiger partial charge in [0, 0.05) is 30.6 Å². The minimum absolute atomic E-state index is 0.0596. The maximum absolute atomic E-state index is 10.6. The molecule has 0 aliphatic heterocycles. The van der Waals surface area contributed by atoms with Crippen molar-refractivity contribution in [3.8, 4) is 0 Å². The van der Waals surface area contributed by atoms with Gasteiger partial charge in [0.2, 0.25) is 0 Å². The van der Waals surface area contributed by atoms with E-state index in [1.54, 1.807) is 24.5 Å². The molecule has 2 aromatic rings. The highest BCUT2D eigenvalue weighted by Gasteiger charge is 2.09. The van der Waals surface area contributed by atoms with Gasteiger partial charge in [0.25, 0.3) is 5.69 Å². The Balaban J connectivity index is 2.11. The molecule has 5 nitrogen and oxygen atoms in total. The lowest BCUT2D eigenvalue weighted by Crippen LogP contribution is -2.07. The lowest BCUT2D eigenvalue weighted by Gasteiger charge is -2.15. The molecule has 1 heterocycles. The van der Waals surface area contributed by atoms with Crippen LogP contribution in [0.5, 0.6) is 0 Å². The number of nitro groups is 1. The maximum atomic E-state index is 10.6. The van der Waals surface area contributed by atoms with E-state index in [0.717, 1.165) is 16.8 Å². The third-order valence-electron chi connectivity index (χ3n) is 2.86. The molecule has 0 bridgehead atoms. The van der Waals surface area contributed by atoms with Gasteiger partial charge in [-0.15, -0.1) is 0 Å². The van der Waals surface area contributed by atoms with Crippen LogP contribution in [-0.2, 0) is 0 Å². The lowest BCUT2D eigenvalue weighted by molar-refractivity contribution is -0.384. The molecular formula is C14H15N3O2. The van der Waals surface area contributed by atoms with Gasteiger partial charge >= 0.3 is 0 Å². The molecule has 1 atom stereocenters. The number of nitrogens with zero attached hydrogens (tertiary/aromatic N) is 2. The molecule has 1 unspecified atom stereocenters. The van der Waals surface area contributed by atoms with E-state index < -0.39 is 4.92 Å². The summed E-state index contributed by atoms with van der Waals surface area (Å²) in [5, 5.41) is 13.9. The molecule has 0 aliphatic rings. The van der Waals surface area contributed by atoms with Gasteiger partial charge in [-0.1, -0.05) is 12.1 Å². The van der Waals surface area contributed by atoms with Gasteiger partial charge in [0.1, 0.15) is 0 Å². The smallest absolute Gasteiger partial charge is 0.269 e. The summed E-state index contributed by atoms with van der Waals surface area (Å²) in [4.78, 5) is 14.3. The summed E-state index contributed by atoms with van der Waals surface area (Å²) in [6.45, 7) is 3.98. The van der Waals surface area contributed by atoms with Gasteiger partial charge in [-0.2, -0.15) is 0 Å². The Kier molecular flexibility index (Phi) is 3.75. The Hall–Kier alpha value is -2.43. The SMILES string of the molecule is Cc1cncc(NC(C)c2ccc([N+](=O)[O-])cc2)c1. The van der Waals surface area contributed by atoms with Crippen LogP contribution in [0, 0.1) is 17.0 Å². The molecule has 0 spiro atoms. The number of hydrogen-bond donors (Lipinski definition) is 1. The van der Waals surface area contributed by atoms with Crippen LogP contribution >= 0.6 is 0 Å².